The molecule has 0 spiro atoms. The number of benzene rings is 1. The van der Waals surface area contributed by atoms with Crippen LogP contribution < -0.4 is 4.90 Å². The molecule has 0 bridgehead atoms. The Balaban J connectivity index is 2.53. The van der Waals surface area contributed by atoms with Gasteiger partial charge in [0.1, 0.15) is 0 Å². The van der Waals surface area contributed by atoms with Crippen LogP contribution in [-0.4, -0.2) is 18.3 Å². The second kappa shape index (κ2) is 6.92. The number of anilines is 1. The van der Waals surface area contributed by atoms with Gasteiger partial charge in [0.25, 0.3) is 0 Å². The van der Waals surface area contributed by atoms with E-state index in [2.05, 4.69) is 15.9 Å². The van der Waals surface area contributed by atoms with Crippen molar-refractivity contribution in [2.75, 3.05) is 17.3 Å². The number of nitrogens with zero attached hydrogens (tertiary/aromatic N) is 1. The molecule has 0 heterocycles. The molecule has 88 valence electrons. The molecule has 1 aromatic rings. The minimum Gasteiger partial charge on any atom is -0.316 e. The van der Waals surface area contributed by atoms with E-state index in [9.17, 15) is 4.79 Å². The lowest BCUT2D eigenvalue weighted by Crippen LogP contribution is -2.25. The molecule has 16 heavy (non-hydrogen) atoms. The highest BCUT2D eigenvalue weighted by Crippen LogP contribution is 2.17. The number of hydrogen-bond acceptors (Lipinski definition) is 1. The lowest BCUT2D eigenvalue weighted by atomic mass is 10.2. The first-order valence-electron chi connectivity index (χ1n) is 5.23. The summed E-state index contributed by atoms with van der Waals surface area (Å²) in [7, 11) is 1.79. The first-order valence-corrected chi connectivity index (χ1v) is 6.73. The third-order valence-electron chi connectivity index (χ3n) is 2.36. The smallest absolute Gasteiger partial charge is 0.226 e. The van der Waals surface area contributed by atoms with Gasteiger partial charge in [0, 0.05) is 29.5 Å². The molecule has 0 N–H and O–H groups in total. The maximum atomic E-state index is 11.8. The number of hydrogen-bond donors (Lipinski definition) is 0. The molecule has 0 aliphatic heterocycles. The van der Waals surface area contributed by atoms with Gasteiger partial charge in [-0.3, -0.25) is 4.79 Å². The molecule has 0 unspecified atom stereocenters. The zero-order valence-corrected chi connectivity index (χ0v) is 11.6. The highest BCUT2D eigenvalue weighted by molar-refractivity contribution is 9.09. The normalized spacial score (nSPS) is 10.2. The van der Waals surface area contributed by atoms with Gasteiger partial charge in [-0.05, 0) is 37.1 Å². The number of halogens is 2. The number of carbonyl (C=O) groups is 1. The van der Waals surface area contributed by atoms with Crippen LogP contribution in [0, 0.1) is 0 Å². The first kappa shape index (κ1) is 13.5. The fraction of sp³-hybridized carbons (Fsp3) is 0.417. The Morgan fingerprint density at radius 1 is 1.31 bits per heavy atom. The predicted octanol–water partition coefficient (Wildman–Crippen LogP) is 3.87. The molecular formula is C12H15BrClNO. The molecule has 0 radical (unpaired) electrons. The number of carbonyl (C=O) groups excluding carboxylic acids is 1. The molecule has 4 heteroatoms. The van der Waals surface area contributed by atoms with Crippen LogP contribution in [0.1, 0.15) is 19.3 Å². The van der Waals surface area contributed by atoms with Crippen molar-refractivity contribution in [3.8, 4) is 0 Å². The van der Waals surface area contributed by atoms with Crippen LogP contribution >= 0.6 is 27.5 Å². The zero-order chi connectivity index (χ0) is 12.0. The van der Waals surface area contributed by atoms with E-state index < -0.39 is 0 Å². The van der Waals surface area contributed by atoms with Crippen LogP contribution in [0.15, 0.2) is 24.3 Å². The quantitative estimate of drug-likeness (QED) is 0.597. The first-order chi connectivity index (χ1) is 7.65. The van der Waals surface area contributed by atoms with Gasteiger partial charge < -0.3 is 4.90 Å². The van der Waals surface area contributed by atoms with E-state index in [1.54, 1.807) is 24.1 Å². The number of alkyl halides is 1. The second-order valence-electron chi connectivity index (χ2n) is 3.58. The van der Waals surface area contributed by atoms with Crippen molar-refractivity contribution in [2.45, 2.75) is 19.3 Å². The van der Waals surface area contributed by atoms with Gasteiger partial charge in [-0.15, -0.1) is 0 Å². The average molecular weight is 305 g/mol. The highest BCUT2D eigenvalue weighted by Gasteiger charge is 2.09. The maximum absolute atomic E-state index is 11.8. The van der Waals surface area contributed by atoms with Gasteiger partial charge in [-0.25, -0.2) is 0 Å². The van der Waals surface area contributed by atoms with E-state index in [4.69, 9.17) is 11.6 Å². The summed E-state index contributed by atoms with van der Waals surface area (Å²) in [5, 5.41) is 1.63. The van der Waals surface area contributed by atoms with Crippen molar-refractivity contribution in [3.63, 3.8) is 0 Å². The fourth-order valence-corrected chi connectivity index (χ4v) is 1.87. The van der Waals surface area contributed by atoms with Crippen LogP contribution in [0.3, 0.4) is 0 Å². The van der Waals surface area contributed by atoms with Crippen molar-refractivity contribution < 1.29 is 4.79 Å². The topological polar surface area (TPSA) is 20.3 Å². The van der Waals surface area contributed by atoms with Crippen molar-refractivity contribution >= 4 is 39.1 Å². The Bertz CT molecular complexity index is 339. The zero-order valence-electron chi connectivity index (χ0n) is 9.25. The molecule has 2 nitrogen and oxygen atoms in total. The minimum atomic E-state index is 0.142. The molecule has 0 saturated heterocycles. The summed E-state index contributed by atoms with van der Waals surface area (Å²) in [6.45, 7) is 0. The molecular weight excluding hydrogens is 289 g/mol. The summed E-state index contributed by atoms with van der Waals surface area (Å²) >= 11 is 9.14. The van der Waals surface area contributed by atoms with Crippen molar-refractivity contribution in [1.29, 1.82) is 0 Å². The predicted molar refractivity (Wildman–Crippen MR) is 72.5 cm³/mol. The summed E-state index contributed by atoms with van der Waals surface area (Å²) in [4.78, 5) is 13.5. The monoisotopic (exact) mass is 303 g/mol. The molecule has 0 saturated carbocycles. The Kier molecular flexibility index (Phi) is 5.85. The van der Waals surface area contributed by atoms with E-state index >= 15 is 0 Å². The molecule has 1 rings (SSSR count). The van der Waals surface area contributed by atoms with Gasteiger partial charge in [-0.2, -0.15) is 0 Å². The minimum absolute atomic E-state index is 0.142. The Hall–Kier alpha value is -0.540. The fourth-order valence-electron chi connectivity index (χ4n) is 1.35. The number of amides is 1. The summed E-state index contributed by atoms with van der Waals surface area (Å²) in [6.07, 6.45) is 2.53. The SMILES string of the molecule is CN(C(=O)CCCCBr)c1ccc(Cl)cc1. The van der Waals surface area contributed by atoms with E-state index in [1.165, 1.54) is 0 Å². The average Bonchev–Trinajstić information content (AvgIpc) is 2.29. The molecule has 1 aromatic carbocycles. The standard InChI is InChI=1S/C12H15BrClNO/c1-15(12(16)4-2-3-9-13)11-7-5-10(14)6-8-11/h5-8H,2-4,9H2,1H3. The lowest BCUT2D eigenvalue weighted by molar-refractivity contribution is -0.118. The second-order valence-corrected chi connectivity index (χ2v) is 4.80. The van der Waals surface area contributed by atoms with Crippen LogP contribution in [-0.2, 0) is 4.79 Å². The highest BCUT2D eigenvalue weighted by atomic mass is 79.9. The van der Waals surface area contributed by atoms with Crippen molar-refractivity contribution in [2.24, 2.45) is 0 Å². The van der Waals surface area contributed by atoms with Gasteiger partial charge >= 0.3 is 0 Å². The molecule has 0 atom stereocenters. The molecule has 1 amide bonds. The van der Waals surface area contributed by atoms with Gasteiger partial charge in [0.15, 0.2) is 0 Å². The third kappa shape index (κ3) is 4.14. The van der Waals surface area contributed by atoms with E-state index in [0.29, 0.717) is 11.4 Å². The molecule has 0 aliphatic carbocycles. The van der Waals surface area contributed by atoms with Crippen molar-refractivity contribution in [3.05, 3.63) is 29.3 Å². The summed E-state index contributed by atoms with van der Waals surface area (Å²) < 4.78 is 0. The number of unbranched alkanes of at least 4 members (excludes halogenated alkanes) is 1. The molecule has 0 aromatic heterocycles. The van der Waals surface area contributed by atoms with Gasteiger partial charge in [0.2, 0.25) is 5.91 Å². The van der Waals surface area contributed by atoms with Crippen LogP contribution in [0.5, 0.6) is 0 Å². The van der Waals surface area contributed by atoms with Crippen LogP contribution in [0.25, 0.3) is 0 Å². The van der Waals surface area contributed by atoms with Gasteiger partial charge in [0.05, 0.1) is 0 Å². The molecule has 0 fully saturated rings. The Labute approximate surface area is 110 Å². The maximum Gasteiger partial charge on any atom is 0.226 e. The van der Waals surface area contributed by atoms with Gasteiger partial charge in [-0.1, -0.05) is 27.5 Å². The van der Waals surface area contributed by atoms with E-state index in [-0.39, 0.29) is 5.91 Å². The Morgan fingerprint density at radius 2 is 1.94 bits per heavy atom. The van der Waals surface area contributed by atoms with Crippen LogP contribution in [0.4, 0.5) is 5.69 Å². The summed E-state index contributed by atoms with van der Waals surface area (Å²) in [5.41, 5.74) is 0.883. The Morgan fingerprint density at radius 3 is 2.50 bits per heavy atom. The lowest BCUT2D eigenvalue weighted by Gasteiger charge is -2.17. The number of rotatable bonds is 5. The third-order valence-corrected chi connectivity index (χ3v) is 3.18. The summed E-state index contributed by atoms with van der Waals surface area (Å²) in [5.74, 6) is 0.142. The van der Waals surface area contributed by atoms with Crippen LogP contribution in [0.2, 0.25) is 5.02 Å². The van der Waals surface area contributed by atoms with E-state index in [0.717, 1.165) is 23.9 Å². The van der Waals surface area contributed by atoms with Crippen molar-refractivity contribution in [1.82, 2.24) is 0 Å². The largest absolute Gasteiger partial charge is 0.316 e. The molecule has 0 aliphatic rings. The summed E-state index contributed by atoms with van der Waals surface area (Å²) in [6, 6.07) is 7.29. The van der Waals surface area contributed by atoms with E-state index in [1.807, 2.05) is 12.1 Å².